The van der Waals surface area contributed by atoms with Crippen molar-refractivity contribution in [1.82, 2.24) is 0 Å². The van der Waals surface area contributed by atoms with Crippen molar-refractivity contribution in [2.75, 3.05) is 0 Å². The molecular formula is C32H37Cl2SiZr. The SMILES string of the molecule is C[SiH]C.[Cl][Zr+2][Cl].c1ccc(-c2cc3c([cH-]2)CCCC3)cc1.c1ccc(-c2cc3c([cH-]2)CCCC3)cc1. The van der Waals surface area contributed by atoms with Gasteiger partial charge in [0.1, 0.15) is 0 Å². The molecule has 0 saturated heterocycles. The Morgan fingerprint density at radius 1 is 0.611 bits per heavy atom. The van der Waals surface area contributed by atoms with Crippen molar-refractivity contribution in [3.8, 4) is 22.3 Å². The maximum atomic E-state index is 4.93. The summed E-state index contributed by atoms with van der Waals surface area (Å²) in [6.45, 7) is 4.42. The summed E-state index contributed by atoms with van der Waals surface area (Å²) in [5.74, 6) is 0. The van der Waals surface area contributed by atoms with Crippen LogP contribution in [0.25, 0.3) is 22.3 Å². The largest absolute Gasteiger partial charge is 0.173 e. The minimum atomic E-state index is -0.826. The summed E-state index contributed by atoms with van der Waals surface area (Å²) in [7, 11) is 10.6. The standard InChI is InChI=1S/2C15H15.C2H7Si.2ClH.Zr/c2*1-2-6-12(7-3-1)15-10-13-8-4-5-9-14(13)11-15;1-3-2;;;/h2*1-3,6-7,10-11H,4-5,8-9H2;3H,1-2H3;2*1H;/q2*-1;;;;+4/p-2. The number of fused-ring (bicyclic) bond motifs is 2. The molecule has 4 aromatic carbocycles. The molecule has 0 bridgehead atoms. The van der Waals surface area contributed by atoms with Gasteiger partial charge in [0.2, 0.25) is 0 Å². The van der Waals surface area contributed by atoms with E-state index in [0.717, 1.165) is 9.52 Å². The van der Waals surface area contributed by atoms with Gasteiger partial charge < -0.3 is 0 Å². The van der Waals surface area contributed by atoms with E-state index in [9.17, 15) is 0 Å². The van der Waals surface area contributed by atoms with Gasteiger partial charge in [-0.2, -0.15) is 23.3 Å². The molecule has 0 N–H and O–H groups in total. The first-order chi connectivity index (χ1) is 17.7. The molecule has 0 aromatic heterocycles. The first-order valence-corrected chi connectivity index (χ1v) is 21.7. The Bertz CT molecular complexity index is 993. The van der Waals surface area contributed by atoms with Crippen LogP contribution in [-0.4, -0.2) is 9.52 Å². The van der Waals surface area contributed by atoms with Gasteiger partial charge in [-0.15, -0.1) is 45.5 Å². The molecular weight excluding hydrogens is 575 g/mol. The van der Waals surface area contributed by atoms with Gasteiger partial charge in [0.15, 0.2) is 0 Å². The Morgan fingerprint density at radius 3 is 1.28 bits per heavy atom. The zero-order valence-corrected chi connectivity index (χ0v) is 26.7. The fraction of sp³-hybridized carbons (Fsp3) is 0.312. The van der Waals surface area contributed by atoms with Crippen molar-refractivity contribution in [3.63, 3.8) is 0 Å². The second-order valence-electron chi connectivity index (χ2n) is 9.38. The van der Waals surface area contributed by atoms with E-state index in [-0.39, 0.29) is 0 Å². The molecule has 1 radical (unpaired) electrons. The number of rotatable bonds is 2. The molecule has 2 aliphatic rings. The first kappa shape index (κ1) is 29.4. The quantitative estimate of drug-likeness (QED) is 0.156. The average molecular weight is 612 g/mol. The third kappa shape index (κ3) is 8.98. The van der Waals surface area contributed by atoms with Crippen molar-refractivity contribution in [2.45, 2.75) is 64.5 Å². The molecule has 0 saturated carbocycles. The molecule has 0 aliphatic heterocycles. The molecule has 0 amide bonds. The van der Waals surface area contributed by atoms with Crippen LogP contribution in [0.2, 0.25) is 13.1 Å². The fourth-order valence-corrected chi connectivity index (χ4v) is 4.99. The van der Waals surface area contributed by atoms with Crippen LogP contribution in [0.15, 0.2) is 84.9 Å². The third-order valence-electron chi connectivity index (χ3n) is 6.64. The van der Waals surface area contributed by atoms with Crippen LogP contribution >= 0.6 is 17.0 Å². The molecule has 2 aliphatic carbocycles. The Morgan fingerprint density at radius 2 is 0.944 bits per heavy atom. The second-order valence-corrected chi connectivity index (χ2v) is 14.3. The van der Waals surface area contributed by atoms with Gasteiger partial charge in [-0.3, -0.25) is 0 Å². The molecule has 0 nitrogen and oxygen atoms in total. The molecule has 36 heavy (non-hydrogen) atoms. The molecule has 4 aromatic rings. The summed E-state index contributed by atoms with van der Waals surface area (Å²) in [6.07, 6.45) is 10.6. The van der Waals surface area contributed by atoms with E-state index in [1.54, 1.807) is 22.3 Å². The summed E-state index contributed by atoms with van der Waals surface area (Å²) >= 11 is -0.826. The van der Waals surface area contributed by atoms with Crippen LogP contribution in [0, 0.1) is 0 Å². The smallest absolute Gasteiger partial charge is 0.0456 e. The van der Waals surface area contributed by atoms with Crippen molar-refractivity contribution >= 4 is 26.5 Å². The van der Waals surface area contributed by atoms with Crippen LogP contribution in [0.1, 0.15) is 47.9 Å². The van der Waals surface area contributed by atoms with E-state index in [4.69, 9.17) is 17.0 Å². The Labute approximate surface area is 239 Å². The van der Waals surface area contributed by atoms with Crippen LogP contribution in [0.4, 0.5) is 0 Å². The predicted molar refractivity (Wildman–Crippen MR) is 159 cm³/mol. The van der Waals surface area contributed by atoms with Crippen molar-refractivity contribution < 1.29 is 20.8 Å². The molecule has 187 valence electrons. The van der Waals surface area contributed by atoms with E-state index < -0.39 is 20.8 Å². The van der Waals surface area contributed by atoms with Gasteiger partial charge in [-0.05, 0) is 12.8 Å². The van der Waals surface area contributed by atoms with E-state index in [1.807, 2.05) is 0 Å². The molecule has 0 spiro atoms. The zero-order valence-electron chi connectivity index (χ0n) is 21.6. The maximum Gasteiger partial charge on any atom is -0.0456 e. The monoisotopic (exact) mass is 609 g/mol. The Hall–Kier alpha value is -1.18. The Kier molecular flexibility index (Phi) is 13.6. The summed E-state index contributed by atoms with van der Waals surface area (Å²) in [5.41, 5.74) is 11.9. The fourth-order valence-electron chi connectivity index (χ4n) is 4.99. The number of halogens is 2. The van der Waals surface area contributed by atoms with Gasteiger partial charge in [0.25, 0.3) is 0 Å². The third-order valence-corrected chi connectivity index (χ3v) is 6.64. The van der Waals surface area contributed by atoms with Crippen LogP contribution < -0.4 is 0 Å². The average Bonchev–Trinajstić information content (AvgIpc) is 3.56. The van der Waals surface area contributed by atoms with Gasteiger partial charge in [0.05, 0.1) is 0 Å². The van der Waals surface area contributed by atoms with Gasteiger partial charge in [-0.25, -0.2) is 0 Å². The minimum absolute atomic E-state index is 0.750. The molecule has 0 atom stereocenters. The van der Waals surface area contributed by atoms with E-state index in [1.165, 1.54) is 73.6 Å². The molecule has 4 heteroatoms. The van der Waals surface area contributed by atoms with Gasteiger partial charge in [0, 0.05) is 9.52 Å². The van der Waals surface area contributed by atoms with Gasteiger partial charge in [-0.1, -0.05) is 112 Å². The Balaban J connectivity index is 0.000000165. The summed E-state index contributed by atoms with van der Waals surface area (Å²) < 4.78 is 0. The number of hydrogen-bond acceptors (Lipinski definition) is 0. The number of hydrogen-bond donors (Lipinski definition) is 0. The molecule has 0 fully saturated rings. The predicted octanol–water partition coefficient (Wildman–Crippen LogP) is 9.80. The van der Waals surface area contributed by atoms with Crippen LogP contribution in [0.5, 0.6) is 0 Å². The zero-order chi connectivity index (χ0) is 25.6. The van der Waals surface area contributed by atoms with Crippen molar-refractivity contribution in [1.29, 1.82) is 0 Å². The van der Waals surface area contributed by atoms with E-state index in [0.29, 0.717) is 0 Å². The maximum absolute atomic E-state index is 4.93. The van der Waals surface area contributed by atoms with Crippen LogP contribution in [-0.2, 0) is 46.5 Å². The summed E-state index contributed by atoms with van der Waals surface area (Å²) in [4.78, 5) is 0. The summed E-state index contributed by atoms with van der Waals surface area (Å²) in [5, 5.41) is 0. The number of aryl methyl sites for hydroxylation is 4. The minimum Gasteiger partial charge on any atom is -0.173 e. The molecule has 0 unspecified atom stereocenters. The van der Waals surface area contributed by atoms with Crippen molar-refractivity contribution in [2.24, 2.45) is 0 Å². The van der Waals surface area contributed by atoms with Crippen LogP contribution in [0.3, 0.4) is 0 Å². The van der Waals surface area contributed by atoms with E-state index >= 15 is 0 Å². The second kappa shape index (κ2) is 16.6. The molecule has 6 rings (SSSR count). The number of benzene rings is 2. The van der Waals surface area contributed by atoms with Crippen molar-refractivity contribution in [3.05, 3.63) is 107 Å². The summed E-state index contributed by atoms with van der Waals surface area (Å²) in [6, 6.07) is 30.9. The van der Waals surface area contributed by atoms with Gasteiger partial charge >= 0.3 is 37.9 Å². The topological polar surface area (TPSA) is 0 Å². The normalized spacial score (nSPS) is 13.2. The molecule has 0 heterocycles. The first-order valence-electron chi connectivity index (χ1n) is 13.1. The van der Waals surface area contributed by atoms with E-state index in [2.05, 4.69) is 98.0 Å².